The standard InChI is InChI=1S/C24H29FN4O2Si/c1-17(30)24-22(19-7-10-21-26-11-12-28(21)15-19)23(18-5-8-20(25)9-6-18)27-29(24)16-31-13-14-32(2,3)4/h5-12,15,17,30H,13-14,16H2,1-4H3. The number of nitrogens with zero attached hydrogens (tertiary/aromatic N) is 4. The van der Waals surface area contributed by atoms with Crippen LogP contribution in [0.25, 0.3) is 28.0 Å². The van der Waals surface area contributed by atoms with Crippen LogP contribution in [0.5, 0.6) is 0 Å². The predicted molar refractivity (Wildman–Crippen MR) is 127 cm³/mol. The first kappa shape index (κ1) is 22.4. The number of pyridine rings is 1. The number of aliphatic hydroxyl groups excluding tert-OH is 1. The first-order valence-electron chi connectivity index (χ1n) is 10.8. The van der Waals surface area contributed by atoms with Crippen LogP contribution in [-0.2, 0) is 11.5 Å². The molecule has 3 heterocycles. The Kier molecular flexibility index (Phi) is 6.28. The second kappa shape index (κ2) is 8.97. The van der Waals surface area contributed by atoms with Gasteiger partial charge in [-0.25, -0.2) is 14.1 Å². The van der Waals surface area contributed by atoms with Crippen molar-refractivity contribution in [3.8, 4) is 22.4 Å². The summed E-state index contributed by atoms with van der Waals surface area (Å²) >= 11 is 0. The monoisotopic (exact) mass is 452 g/mol. The third kappa shape index (κ3) is 4.82. The lowest BCUT2D eigenvalue weighted by Crippen LogP contribution is -2.22. The fourth-order valence-corrected chi connectivity index (χ4v) is 4.45. The number of ether oxygens (including phenoxy) is 1. The number of hydrogen-bond acceptors (Lipinski definition) is 4. The molecule has 0 saturated heterocycles. The zero-order valence-corrected chi connectivity index (χ0v) is 19.9. The van der Waals surface area contributed by atoms with Crippen LogP contribution in [0.2, 0.25) is 25.7 Å². The third-order valence-corrected chi connectivity index (χ3v) is 7.10. The molecule has 4 rings (SSSR count). The van der Waals surface area contributed by atoms with Gasteiger partial charge in [0.1, 0.15) is 23.9 Å². The summed E-state index contributed by atoms with van der Waals surface area (Å²) in [6.07, 6.45) is 4.81. The molecule has 1 atom stereocenters. The number of fused-ring (bicyclic) bond motifs is 1. The minimum atomic E-state index is -1.21. The molecule has 1 N–H and O–H groups in total. The maximum absolute atomic E-state index is 13.6. The van der Waals surface area contributed by atoms with Crippen LogP contribution >= 0.6 is 0 Å². The molecule has 3 aromatic heterocycles. The average Bonchev–Trinajstić information content (AvgIpc) is 3.35. The molecule has 0 bridgehead atoms. The van der Waals surface area contributed by atoms with E-state index in [1.54, 1.807) is 29.9 Å². The molecule has 0 aliphatic carbocycles. The fraction of sp³-hybridized carbons (Fsp3) is 0.333. The molecule has 0 aliphatic heterocycles. The highest BCUT2D eigenvalue weighted by molar-refractivity contribution is 6.76. The van der Waals surface area contributed by atoms with Crippen LogP contribution in [0, 0.1) is 5.82 Å². The number of halogens is 1. The van der Waals surface area contributed by atoms with E-state index in [0.29, 0.717) is 18.0 Å². The maximum atomic E-state index is 13.6. The molecule has 0 spiro atoms. The van der Waals surface area contributed by atoms with Gasteiger partial charge in [-0.15, -0.1) is 0 Å². The summed E-state index contributed by atoms with van der Waals surface area (Å²) in [5.74, 6) is -0.306. The van der Waals surface area contributed by atoms with E-state index in [-0.39, 0.29) is 12.5 Å². The lowest BCUT2D eigenvalue weighted by molar-refractivity contribution is 0.0691. The molecular weight excluding hydrogens is 423 g/mol. The van der Waals surface area contributed by atoms with Crippen molar-refractivity contribution in [3.05, 3.63) is 66.5 Å². The quantitative estimate of drug-likeness (QED) is 0.288. The number of rotatable bonds is 8. The molecule has 0 radical (unpaired) electrons. The van der Waals surface area contributed by atoms with Crippen molar-refractivity contribution in [2.75, 3.05) is 6.61 Å². The minimum Gasteiger partial charge on any atom is -0.387 e. The molecule has 8 heteroatoms. The van der Waals surface area contributed by atoms with Gasteiger partial charge in [0, 0.05) is 50.0 Å². The Morgan fingerprint density at radius 2 is 1.81 bits per heavy atom. The molecule has 168 valence electrons. The SMILES string of the molecule is CC(O)c1c(-c2ccc3nccn3c2)c(-c2ccc(F)cc2)nn1COCC[Si](C)(C)C. The van der Waals surface area contributed by atoms with Gasteiger partial charge < -0.3 is 14.2 Å². The van der Waals surface area contributed by atoms with Crippen molar-refractivity contribution in [3.63, 3.8) is 0 Å². The Bertz CT molecular complexity index is 1210. The molecule has 1 aromatic carbocycles. The molecule has 6 nitrogen and oxygen atoms in total. The van der Waals surface area contributed by atoms with Gasteiger partial charge in [0.05, 0.1) is 11.8 Å². The number of aliphatic hydroxyl groups is 1. The molecule has 32 heavy (non-hydrogen) atoms. The van der Waals surface area contributed by atoms with Crippen molar-refractivity contribution in [1.29, 1.82) is 0 Å². The summed E-state index contributed by atoms with van der Waals surface area (Å²) in [5, 5.41) is 15.5. The summed E-state index contributed by atoms with van der Waals surface area (Å²) in [5.41, 5.74) is 4.63. The largest absolute Gasteiger partial charge is 0.387 e. The third-order valence-electron chi connectivity index (χ3n) is 5.39. The van der Waals surface area contributed by atoms with Crippen molar-refractivity contribution in [1.82, 2.24) is 19.2 Å². The van der Waals surface area contributed by atoms with Crippen LogP contribution in [-0.4, -0.2) is 39.0 Å². The second-order valence-electron chi connectivity index (χ2n) is 9.25. The molecule has 4 aromatic rings. The van der Waals surface area contributed by atoms with Crippen LogP contribution in [0.15, 0.2) is 55.0 Å². The van der Waals surface area contributed by atoms with Gasteiger partial charge in [0.15, 0.2) is 0 Å². The first-order chi connectivity index (χ1) is 15.2. The highest BCUT2D eigenvalue weighted by atomic mass is 28.3. The van der Waals surface area contributed by atoms with E-state index < -0.39 is 14.2 Å². The van der Waals surface area contributed by atoms with Gasteiger partial charge in [0.25, 0.3) is 0 Å². The summed E-state index contributed by atoms with van der Waals surface area (Å²) in [7, 11) is -1.21. The van der Waals surface area contributed by atoms with Crippen LogP contribution in [0.3, 0.4) is 0 Å². The topological polar surface area (TPSA) is 64.6 Å². The normalized spacial score (nSPS) is 13.1. The summed E-state index contributed by atoms with van der Waals surface area (Å²) in [4.78, 5) is 4.31. The number of aromatic nitrogens is 4. The lowest BCUT2D eigenvalue weighted by Gasteiger charge is -2.16. The Hall–Kier alpha value is -2.81. The van der Waals surface area contributed by atoms with Gasteiger partial charge in [0.2, 0.25) is 0 Å². The first-order valence-corrected chi connectivity index (χ1v) is 14.5. The van der Waals surface area contributed by atoms with Gasteiger partial charge in [-0.2, -0.15) is 5.10 Å². The Morgan fingerprint density at radius 3 is 2.50 bits per heavy atom. The summed E-state index contributed by atoms with van der Waals surface area (Å²) in [6, 6.07) is 11.2. The highest BCUT2D eigenvalue weighted by Gasteiger charge is 2.24. The molecule has 0 aliphatic rings. The molecule has 0 fully saturated rings. The Morgan fingerprint density at radius 1 is 1.09 bits per heavy atom. The van der Waals surface area contributed by atoms with E-state index in [4.69, 9.17) is 9.84 Å². The lowest BCUT2D eigenvalue weighted by atomic mass is 9.98. The van der Waals surface area contributed by atoms with Crippen molar-refractivity contribution >= 4 is 13.7 Å². The number of imidazole rings is 1. The van der Waals surface area contributed by atoms with Gasteiger partial charge in [-0.05, 0) is 49.4 Å². The van der Waals surface area contributed by atoms with E-state index in [9.17, 15) is 9.50 Å². The Balaban J connectivity index is 1.80. The predicted octanol–water partition coefficient (Wildman–Crippen LogP) is 5.37. The molecular formula is C24H29FN4O2Si. The molecule has 0 saturated carbocycles. The zero-order valence-electron chi connectivity index (χ0n) is 18.9. The minimum absolute atomic E-state index is 0.242. The zero-order chi connectivity index (χ0) is 22.9. The summed E-state index contributed by atoms with van der Waals surface area (Å²) < 4.78 is 23.2. The number of benzene rings is 1. The van der Waals surface area contributed by atoms with E-state index in [0.717, 1.165) is 28.4 Å². The van der Waals surface area contributed by atoms with Crippen molar-refractivity contribution in [2.24, 2.45) is 0 Å². The van der Waals surface area contributed by atoms with E-state index in [1.165, 1.54) is 12.1 Å². The Labute approximate surface area is 188 Å². The van der Waals surface area contributed by atoms with Gasteiger partial charge in [-0.1, -0.05) is 19.6 Å². The van der Waals surface area contributed by atoms with Crippen molar-refractivity contribution < 1.29 is 14.2 Å². The maximum Gasteiger partial charge on any atom is 0.139 e. The van der Waals surface area contributed by atoms with Crippen LogP contribution in [0.4, 0.5) is 4.39 Å². The smallest absolute Gasteiger partial charge is 0.139 e. The fourth-order valence-electron chi connectivity index (χ4n) is 3.69. The molecule has 1 unspecified atom stereocenters. The summed E-state index contributed by atoms with van der Waals surface area (Å²) in [6.45, 7) is 9.54. The average molecular weight is 453 g/mol. The van der Waals surface area contributed by atoms with Crippen LogP contribution < -0.4 is 0 Å². The second-order valence-corrected chi connectivity index (χ2v) is 14.9. The van der Waals surface area contributed by atoms with Crippen LogP contribution in [0.1, 0.15) is 18.7 Å². The van der Waals surface area contributed by atoms with E-state index in [1.807, 2.05) is 28.9 Å². The van der Waals surface area contributed by atoms with E-state index >= 15 is 0 Å². The highest BCUT2D eigenvalue weighted by Crippen LogP contribution is 2.37. The van der Waals surface area contributed by atoms with Crippen molar-refractivity contribution in [2.45, 2.75) is 45.4 Å². The van der Waals surface area contributed by atoms with Gasteiger partial charge in [-0.3, -0.25) is 0 Å². The van der Waals surface area contributed by atoms with Gasteiger partial charge >= 0.3 is 0 Å². The molecule has 0 amide bonds. The van der Waals surface area contributed by atoms with E-state index in [2.05, 4.69) is 24.6 Å². The number of hydrogen-bond donors (Lipinski definition) is 1.